The lowest BCUT2D eigenvalue weighted by atomic mass is 9.89. The molecule has 0 amide bonds. The van der Waals surface area contributed by atoms with E-state index < -0.39 is 0 Å². The molecule has 0 unspecified atom stereocenters. The molecule has 244 valence electrons. The van der Waals surface area contributed by atoms with Crippen LogP contribution >= 0.6 is 0 Å². The predicted octanol–water partition coefficient (Wildman–Crippen LogP) is 13.1. The Morgan fingerprint density at radius 1 is 0.423 bits per heavy atom. The Morgan fingerprint density at radius 3 is 1.88 bits per heavy atom. The summed E-state index contributed by atoms with van der Waals surface area (Å²) < 4.78 is 16.8. The lowest BCUT2D eigenvalue weighted by molar-refractivity contribution is 0.629. The number of fused-ring (bicyclic) bond motifs is 2. The number of aromatic nitrogens is 2. The maximum atomic E-state index is 16.8. The minimum atomic E-state index is -0.330. The predicted molar refractivity (Wildman–Crippen MR) is 214 cm³/mol. The molecule has 8 aromatic carbocycles. The van der Waals surface area contributed by atoms with Crippen LogP contribution in [0.15, 0.2) is 182 Å². The van der Waals surface area contributed by atoms with Crippen molar-refractivity contribution in [1.29, 1.82) is 0 Å². The van der Waals surface area contributed by atoms with Crippen LogP contribution in [-0.2, 0) is 0 Å². The van der Waals surface area contributed by atoms with Gasteiger partial charge in [0.1, 0.15) is 11.6 Å². The van der Waals surface area contributed by atoms with Crippen LogP contribution in [0.5, 0.6) is 0 Å². The van der Waals surface area contributed by atoms with E-state index >= 15 is 4.39 Å². The van der Waals surface area contributed by atoms with Gasteiger partial charge in [-0.15, -0.1) is 0 Å². The van der Waals surface area contributed by atoms with Gasteiger partial charge in [-0.05, 0) is 103 Å². The molecule has 0 aliphatic carbocycles. The number of rotatable bonds is 6. The molecule has 3 nitrogen and oxygen atoms in total. The van der Waals surface area contributed by atoms with Crippen molar-refractivity contribution in [3.63, 3.8) is 0 Å². The molecule has 10 aromatic rings. The van der Waals surface area contributed by atoms with E-state index in [0.29, 0.717) is 11.5 Å². The van der Waals surface area contributed by atoms with Gasteiger partial charge in [0.25, 0.3) is 0 Å². The molecule has 52 heavy (non-hydrogen) atoms. The first kappa shape index (κ1) is 30.0. The van der Waals surface area contributed by atoms with E-state index in [4.69, 9.17) is 9.97 Å². The second-order valence-corrected chi connectivity index (χ2v) is 13.1. The van der Waals surface area contributed by atoms with E-state index in [2.05, 4.69) is 78.9 Å². The molecule has 0 atom stereocenters. The Hall–Kier alpha value is -6.91. The summed E-state index contributed by atoms with van der Waals surface area (Å²) >= 11 is 0. The van der Waals surface area contributed by atoms with Gasteiger partial charge in [0, 0.05) is 34.4 Å². The zero-order valence-electron chi connectivity index (χ0n) is 28.0. The SMILES string of the molecule is Fc1cc(-c2ccccc2)cc(-c2ccccc2)c1N(c1ccc(-c2ccc3ccc4cc5cccnc5c5ccc2c3c45)cc1)c1ccccn1. The van der Waals surface area contributed by atoms with Gasteiger partial charge >= 0.3 is 0 Å². The summed E-state index contributed by atoms with van der Waals surface area (Å²) in [5, 5.41) is 8.39. The van der Waals surface area contributed by atoms with Gasteiger partial charge in [0.05, 0.1) is 11.2 Å². The summed E-state index contributed by atoms with van der Waals surface area (Å²) in [5.41, 5.74) is 7.96. The van der Waals surface area contributed by atoms with Gasteiger partial charge < -0.3 is 0 Å². The number of hydrogen-bond acceptors (Lipinski definition) is 3. The molecule has 4 heteroatoms. The molecule has 0 radical (unpaired) electrons. The van der Waals surface area contributed by atoms with Crippen LogP contribution in [0.25, 0.3) is 76.6 Å². The molecule has 0 saturated heterocycles. The molecular weight excluding hydrogens is 638 g/mol. The molecule has 10 rings (SSSR count). The van der Waals surface area contributed by atoms with Gasteiger partial charge in [-0.1, -0.05) is 121 Å². The largest absolute Gasteiger partial charge is 0.291 e. The van der Waals surface area contributed by atoms with Crippen molar-refractivity contribution >= 4 is 60.4 Å². The summed E-state index contributed by atoms with van der Waals surface area (Å²) in [6, 6.07) is 57.5. The monoisotopic (exact) mass is 667 g/mol. The van der Waals surface area contributed by atoms with E-state index in [1.54, 1.807) is 12.3 Å². The Balaban J connectivity index is 1.14. The minimum Gasteiger partial charge on any atom is -0.291 e. The van der Waals surface area contributed by atoms with E-state index in [1.807, 2.05) is 96.0 Å². The fourth-order valence-corrected chi connectivity index (χ4v) is 7.78. The first-order valence-corrected chi connectivity index (χ1v) is 17.4. The highest BCUT2D eigenvalue weighted by Gasteiger charge is 2.24. The van der Waals surface area contributed by atoms with E-state index in [9.17, 15) is 0 Å². The van der Waals surface area contributed by atoms with Gasteiger partial charge in [0.2, 0.25) is 0 Å². The fraction of sp³-hybridized carbons (Fsp3) is 0. The minimum absolute atomic E-state index is 0.330. The Bertz CT molecular complexity index is 2890. The molecule has 0 spiro atoms. The van der Waals surface area contributed by atoms with E-state index in [1.165, 1.54) is 32.3 Å². The average Bonchev–Trinajstić information content (AvgIpc) is 3.21. The summed E-state index contributed by atoms with van der Waals surface area (Å²) in [4.78, 5) is 11.4. The third-order valence-corrected chi connectivity index (χ3v) is 10.1. The normalized spacial score (nSPS) is 11.6. The second kappa shape index (κ2) is 12.1. The van der Waals surface area contributed by atoms with Crippen molar-refractivity contribution in [3.05, 3.63) is 188 Å². The maximum absolute atomic E-state index is 16.8. The van der Waals surface area contributed by atoms with Crippen molar-refractivity contribution in [2.24, 2.45) is 0 Å². The first-order chi connectivity index (χ1) is 25.7. The second-order valence-electron chi connectivity index (χ2n) is 13.1. The molecule has 2 heterocycles. The molecule has 0 N–H and O–H groups in total. The molecule has 0 saturated carbocycles. The number of pyridine rings is 2. The van der Waals surface area contributed by atoms with Gasteiger partial charge in [-0.25, -0.2) is 9.37 Å². The maximum Gasteiger partial charge on any atom is 0.148 e. The quantitative estimate of drug-likeness (QED) is 0.131. The Labute approximate surface area is 300 Å². The first-order valence-electron chi connectivity index (χ1n) is 17.4. The summed E-state index contributed by atoms with van der Waals surface area (Å²) in [6.07, 6.45) is 3.62. The smallest absolute Gasteiger partial charge is 0.148 e. The summed E-state index contributed by atoms with van der Waals surface area (Å²) in [6.45, 7) is 0. The van der Waals surface area contributed by atoms with Crippen molar-refractivity contribution in [2.45, 2.75) is 0 Å². The molecule has 0 aliphatic rings. The summed E-state index contributed by atoms with van der Waals surface area (Å²) in [7, 11) is 0. The van der Waals surface area contributed by atoms with Crippen LogP contribution in [0.3, 0.4) is 0 Å². The zero-order valence-corrected chi connectivity index (χ0v) is 28.0. The lowest BCUT2D eigenvalue weighted by Gasteiger charge is -2.28. The Kier molecular flexibility index (Phi) is 7.00. The van der Waals surface area contributed by atoms with Crippen LogP contribution < -0.4 is 4.90 Å². The molecule has 0 bridgehead atoms. The molecule has 0 aliphatic heterocycles. The number of halogens is 1. The average molecular weight is 668 g/mol. The van der Waals surface area contributed by atoms with Crippen LogP contribution in [0, 0.1) is 5.82 Å². The highest BCUT2D eigenvalue weighted by atomic mass is 19.1. The summed E-state index contributed by atoms with van der Waals surface area (Å²) in [5.74, 6) is 0.297. The van der Waals surface area contributed by atoms with Gasteiger partial charge in [-0.3, -0.25) is 9.88 Å². The van der Waals surface area contributed by atoms with Crippen molar-refractivity contribution < 1.29 is 4.39 Å². The molecule has 0 fully saturated rings. The fourth-order valence-electron chi connectivity index (χ4n) is 7.78. The number of benzene rings is 8. The number of nitrogens with zero attached hydrogens (tertiary/aromatic N) is 3. The molecule has 2 aromatic heterocycles. The number of hydrogen-bond donors (Lipinski definition) is 0. The van der Waals surface area contributed by atoms with Crippen LogP contribution in [0.1, 0.15) is 0 Å². The lowest BCUT2D eigenvalue weighted by Crippen LogP contribution is -2.14. The topological polar surface area (TPSA) is 29.0 Å². The zero-order chi connectivity index (χ0) is 34.6. The Morgan fingerprint density at radius 2 is 1.10 bits per heavy atom. The third-order valence-electron chi connectivity index (χ3n) is 10.1. The standard InChI is InChI=1S/C48H30FN3/c49-43-30-37(31-10-3-1-4-11-31)29-42(32-12-5-2-6-13-32)48(43)52(44-15-7-8-26-50-44)38-21-18-33(19-22-38)39-23-20-34-16-17-35-28-36-14-9-27-51-47(36)41-25-24-40(39)45(34)46(35)41/h1-30H. The van der Waals surface area contributed by atoms with Crippen molar-refractivity contribution in [1.82, 2.24) is 9.97 Å². The van der Waals surface area contributed by atoms with Crippen molar-refractivity contribution in [2.75, 3.05) is 4.90 Å². The highest BCUT2D eigenvalue weighted by Crippen LogP contribution is 2.45. The van der Waals surface area contributed by atoms with E-state index in [-0.39, 0.29) is 5.82 Å². The highest BCUT2D eigenvalue weighted by molar-refractivity contribution is 6.30. The third kappa shape index (κ3) is 4.88. The van der Waals surface area contributed by atoms with E-state index in [0.717, 1.165) is 50.0 Å². The van der Waals surface area contributed by atoms with Gasteiger partial charge in [0.15, 0.2) is 0 Å². The number of anilines is 3. The van der Waals surface area contributed by atoms with Gasteiger partial charge in [-0.2, -0.15) is 0 Å². The van der Waals surface area contributed by atoms with Crippen LogP contribution in [0.2, 0.25) is 0 Å². The van der Waals surface area contributed by atoms with Crippen LogP contribution in [0.4, 0.5) is 21.6 Å². The van der Waals surface area contributed by atoms with Crippen molar-refractivity contribution in [3.8, 4) is 33.4 Å². The molecular formula is C48H30FN3. The van der Waals surface area contributed by atoms with Crippen LogP contribution in [-0.4, -0.2) is 9.97 Å².